The van der Waals surface area contributed by atoms with E-state index in [0.717, 1.165) is 33.9 Å². The summed E-state index contributed by atoms with van der Waals surface area (Å²) in [6.45, 7) is 0. The summed E-state index contributed by atoms with van der Waals surface area (Å²) in [6.07, 6.45) is 0. The van der Waals surface area contributed by atoms with E-state index in [-0.39, 0.29) is 0 Å². The number of ether oxygens (including phenoxy) is 1. The second kappa shape index (κ2) is 6.13. The third-order valence-corrected chi connectivity index (χ3v) is 4.13. The number of rotatable bonds is 4. The third-order valence-electron chi connectivity index (χ3n) is 4.13. The monoisotopic (exact) mass is 314 g/mol. The van der Waals surface area contributed by atoms with E-state index in [0.29, 0.717) is 0 Å². The van der Waals surface area contributed by atoms with Crippen molar-refractivity contribution in [1.29, 1.82) is 0 Å². The second-order valence-electron chi connectivity index (χ2n) is 5.64. The average molecular weight is 314 g/mol. The van der Waals surface area contributed by atoms with E-state index in [1.165, 1.54) is 5.39 Å². The Morgan fingerprint density at radius 1 is 0.792 bits per heavy atom. The van der Waals surface area contributed by atoms with Crippen molar-refractivity contribution in [2.75, 3.05) is 12.4 Å². The molecule has 4 rings (SSSR count). The van der Waals surface area contributed by atoms with Crippen molar-refractivity contribution in [2.45, 2.75) is 0 Å². The summed E-state index contributed by atoms with van der Waals surface area (Å²) in [6, 6.07) is 26.7. The number of aromatic nitrogens is 1. The van der Waals surface area contributed by atoms with Crippen molar-refractivity contribution in [1.82, 2.24) is 4.98 Å². The average Bonchev–Trinajstić information content (AvgIpc) is 3.02. The van der Waals surface area contributed by atoms with E-state index in [4.69, 9.17) is 4.74 Å². The summed E-state index contributed by atoms with van der Waals surface area (Å²) in [5.74, 6) is 0.850. The van der Waals surface area contributed by atoms with Crippen LogP contribution in [0.4, 0.5) is 11.4 Å². The molecule has 0 bridgehead atoms. The number of anilines is 2. The number of fused-ring (bicyclic) bond motifs is 1. The molecule has 0 aliphatic rings. The van der Waals surface area contributed by atoms with E-state index >= 15 is 0 Å². The van der Waals surface area contributed by atoms with Gasteiger partial charge in [-0.25, -0.2) is 0 Å². The Labute approximate surface area is 140 Å². The first-order chi connectivity index (χ1) is 11.8. The van der Waals surface area contributed by atoms with Gasteiger partial charge in [0.05, 0.1) is 18.5 Å². The van der Waals surface area contributed by atoms with Crippen LogP contribution in [0.5, 0.6) is 5.75 Å². The Morgan fingerprint density at radius 2 is 1.50 bits per heavy atom. The zero-order valence-electron chi connectivity index (χ0n) is 13.4. The van der Waals surface area contributed by atoms with Crippen LogP contribution in [-0.2, 0) is 0 Å². The van der Waals surface area contributed by atoms with E-state index in [9.17, 15) is 0 Å². The van der Waals surface area contributed by atoms with E-state index in [2.05, 4.69) is 52.8 Å². The standard InChI is InChI=1S/C21H18N2O/c1-24-17-13-11-16(12-14-17)22-21-18-9-5-6-10-19(18)23-20(21)15-7-3-2-4-8-15/h2-14,22-23H,1H3. The van der Waals surface area contributed by atoms with Gasteiger partial charge in [-0.15, -0.1) is 0 Å². The van der Waals surface area contributed by atoms with Crippen LogP contribution in [0.2, 0.25) is 0 Å². The number of methoxy groups -OCH3 is 1. The highest BCUT2D eigenvalue weighted by molar-refractivity contribution is 6.02. The van der Waals surface area contributed by atoms with Crippen LogP contribution < -0.4 is 10.1 Å². The molecular weight excluding hydrogens is 296 g/mol. The van der Waals surface area contributed by atoms with Crippen LogP contribution in [0, 0.1) is 0 Å². The van der Waals surface area contributed by atoms with Gasteiger partial charge in [-0.05, 0) is 30.3 Å². The molecule has 24 heavy (non-hydrogen) atoms. The highest BCUT2D eigenvalue weighted by atomic mass is 16.5. The first-order valence-electron chi connectivity index (χ1n) is 7.92. The highest BCUT2D eigenvalue weighted by Crippen LogP contribution is 2.36. The fraction of sp³-hybridized carbons (Fsp3) is 0.0476. The fourth-order valence-corrected chi connectivity index (χ4v) is 2.91. The molecule has 0 unspecified atom stereocenters. The molecule has 0 atom stereocenters. The Bertz CT molecular complexity index is 956. The van der Waals surface area contributed by atoms with Crippen LogP contribution in [0.25, 0.3) is 22.2 Å². The quantitative estimate of drug-likeness (QED) is 0.515. The molecule has 118 valence electrons. The number of benzene rings is 3. The smallest absolute Gasteiger partial charge is 0.119 e. The zero-order chi connectivity index (χ0) is 16.4. The Kier molecular flexibility index (Phi) is 3.67. The SMILES string of the molecule is COc1ccc(Nc2c(-c3ccccc3)[nH]c3ccccc23)cc1. The van der Waals surface area contributed by atoms with Gasteiger partial charge in [-0.2, -0.15) is 0 Å². The molecule has 1 heterocycles. The topological polar surface area (TPSA) is 37.0 Å². The fourth-order valence-electron chi connectivity index (χ4n) is 2.91. The van der Waals surface area contributed by atoms with Crippen LogP contribution in [0.15, 0.2) is 78.9 Å². The lowest BCUT2D eigenvalue weighted by molar-refractivity contribution is 0.415. The lowest BCUT2D eigenvalue weighted by Gasteiger charge is -2.10. The lowest BCUT2D eigenvalue weighted by Crippen LogP contribution is -1.92. The molecule has 0 amide bonds. The Hall–Kier alpha value is -3.20. The number of H-pyrrole nitrogens is 1. The van der Waals surface area contributed by atoms with Gasteiger partial charge in [0, 0.05) is 22.2 Å². The summed E-state index contributed by atoms with van der Waals surface area (Å²) in [5.41, 5.74) is 5.48. The molecule has 0 spiro atoms. The van der Waals surface area contributed by atoms with E-state index in [1.807, 2.05) is 36.4 Å². The van der Waals surface area contributed by atoms with Gasteiger partial charge < -0.3 is 15.0 Å². The Balaban J connectivity index is 1.83. The summed E-state index contributed by atoms with van der Waals surface area (Å²) >= 11 is 0. The van der Waals surface area contributed by atoms with Gasteiger partial charge in [0.15, 0.2) is 0 Å². The minimum absolute atomic E-state index is 0.850. The lowest BCUT2D eigenvalue weighted by atomic mass is 10.1. The molecule has 0 aliphatic heterocycles. The van der Waals surface area contributed by atoms with E-state index in [1.54, 1.807) is 7.11 Å². The van der Waals surface area contributed by atoms with Crippen LogP contribution >= 0.6 is 0 Å². The predicted octanol–water partition coefficient (Wildman–Crippen LogP) is 5.59. The molecule has 0 saturated carbocycles. The Morgan fingerprint density at radius 3 is 2.25 bits per heavy atom. The summed E-state index contributed by atoms with van der Waals surface area (Å²) < 4.78 is 5.23. The summed E-state index contributed by atoms with van der Waals surface area (Å²) in [7, 11) is 1.68. The van der Waals surface area contributed by atoms with Crippen molar-refractivity contribution in [3.63, 3.8) is 0 Å². The van der Waals surface area contributed by atoms with Gasteiger partial charge in [-0.1, -0.05) is 48.5 Å². The first kappa shape index (κ1) is 14.4. The van der Waals surface area contributed by atoms with Gasteiger partial charge in [0.25, 0.3) is 0 Å². The molecule has 0 radical (unpaired) electrons. The summed E-state index contributed by atoms with van der Waals surface area (Å²) in [5, 5.41) is 4.73. The van der Waals surface area contributed by atoms with Gasteiger partial charge in [0.2, 0.25) is 0 Å². The predicted molar refractivity (Wildman–Crippen MR) is 100 cm³/mol. The van der Waals surface area contributed by atoms with Crippen LogP contribution in [0.3, 0.4) is 0 Å². The second-order valence-corrected chi connectivity index (χ2v) is 5.64. The molecule has 1 aromatic heterocycles. The maximum Gasteiger partial charge on any atom is 0.119 e. The maximum atomic E-state index is 5.23. The summed E-state index contributed by atoms with van der Waals surface area (Å²) in [4.78, 5) is 3.54. The maximum absolute atomic E-state index is 5.23. The first-order valence-corrected chi connectivity index (χ1v) is 7.92. The van der Waals surface area contributed by atoms with Crippen LogP contribution in [-0.4, -0.2) is 12.1 Å². The van der Waals surface area contributed by atoms with Gasteiger partial charge in [-0.3, -0.25) is 0 Å². The molecule has 3 aromatic carbocycles. The zero-order valence-corrected chi connectivity index (χ0v) is 13.4. The molecule has 2 N–H and O–H groups in total. The molecular formula is C21H18N2O. The number of hydrogen-bond acceptors (Lipinski definition) is 2. The van der Waals surface area contributed by atoms with Crippen molar-refractivity contribution in [2.24, 2.45) is 0 Å². The molecule has 4 aromatic rings. The normalized spacial score (nSPS) is 10.7. The van der Waals surface area contributed by atoms with Crippen LogP contribution in [0.1, 0.15) is 0 Å². The van der Waals surface area contributed by atoms with Crippen molar-refractivity contribution in [3.05, 3.63) is 78.9 Å². The van der Waals surface area contributed by atoms with Gasteiger partial charge in [0.1, 0.15) is 5.75 Å². The largest absolute Gasteiger partial charge is 0.497 e. The molecule has 0 fully saturated rings. The molecule has 3 heteroatoms. The van der Waals surface area contributed by atoms with Crippen molar-refractivity contribution >= 4 is 22.3 Å². The van der Waals surface area contributed by atoms with Crippen molar-refractivity contribution < 1.29 is 4.74 Å². The molecule has 3 nitrogen and oxygen atoms in total. The highest BCUT2D eigenvalue weighted by Gasteiger charge is 2.13. The van der Waals surface area contributed by atoms with Crippen molar-refractivity contribution in [3.8, 4) is 17.0 Å². The number of para-hydroxylation sites is 1. The number of hydrogen-bond donors (Lipinski definition) is 2. The minimum atomic E-state index is 0.850. The number of aromatic amines is 1. The van der Waals surface area contributed by atoms with Gasteiger partial charge >= 0.3 is 0 Å². The molecule has 0 saturated heterocycles. The molecule has 0 aliphatic carbocycles. The van der Waals surface area contributed by atoms with E-state index < -0.39 is 0 Å². The minimum Gasteiger partial charge on any atom is -0.497 e. The third kappa shape index (κ3) is 2.61. The number of nitrogens with one attached hydrogen (secondary N) is 2.